The van der Waals surface area contributed by atoms with Gasteiger partial charge in [0.15, 0.2) is 5.82 Å². The zero-order valence-electron chi connectivity index (χ0n) is 10.2. The first-order chi connectivity index (χ1) is 9.00. The summed E-state index contributed by atoms with van der Waals surface area (Å²) in [5.41, 5.74) is 1.57. The number of hydrogen-bond donors (Lipinski definition) is 2. The third kappa shape index (κ3) is 3.33. The van der Waals surface area contributed by atoms with Crippen molar-refractivity contribution < 1.29 is 8.42 Å². The Balaban J connectivity index is 2.20. The largest absolute Gasteiger partial charge is 0.281 e. The number of aromatic nitrogens is 2. The van der Waals surface area contributed by atoms with Crippen LogP contribution in [0.3, 0.4) is 0 Å². The summed E-state index contributed by atoms with van der Waals surface area (Å²) in [6.45, 7) is 1.77. The fourth-order valence-corrected chi connectivity index (χ4v) is 2.78. The first-order valence-corrected chi connectivity index (χ1v) is 7.16. The summed E-state index contributed by atoms with van der Waals surface area (Å²) >= 11 is 0. The quantitative estimate of drug-likeness (QED) is 0.884. The second kappa shape index (κ2) is 5.12. The lowest BCUT2D eigenvalue weighted by molar-refractivity contribution is 0.600. The van der Waals surface area contributed by atoms with Gasteiger partial charge >= 0.3 is 0 Å². The molecule has 1 aromatic heterocycles. The van der Waals surface area contributed by atoms with Crippen LogP contribution in [0.2, 0.25) is 0 Å². The molecule has 98 valence electrons. The molecule has 2 rings (SSSR count). The Labute approximate surface area is 111 Å². The molecule has 1 heterocycles. The monoisotopic (exact) mass is 276 g/mol. The topological polar surface area (TPSA) is 98.6 Å². The van der Waals surface area contributed by atoms with Crippen molar-refractivity contribution in [3.63, 3.8) is 0 Å². The smallest absolute Gasteiger partial charge is 0.238 e. The van der Waals surface area contributed by atoms with Crippen LogP contribution >= 0.6 is 0 Å². The highest BCUT2D eigenvalue weighted by atomic mass is 32.2. The summed E-state index contributed by atoms with van der Waals surface area (Å²) < 4.78 is 26.3. The molecule has 2 aromatic rings. The van der Waals surface area contributed by atoms with E-state index in [1.807, 2.05) is 6.07 Å². The number of nitriles is 1. The average Bonchev–Trinajstić information content (AvgIpc) is 2.74. The third-order valence-electron chi connectivity index (χ3n) is 2.45. The van der Waals surface area contributed by atoms with E-state index in [2.05, 4.69) is 14.9 Å². The zero-order valence-corrected chi connectivity index (χ0v) is 11.0. The van der Waals surface area contributed by atoms with Gasteiger partial charge in [0.2, 0.25) is 10.0 Å². The van der Waals surface area contributed by atoms with Crippen LogP contribution in [0.4, 0.5) is 5.82 Å². The summed E-state index contributed by atoms with van der Waals surface area (Å²) in [6.07, 6.45) is 0. The second-order valence-electron chi connectivity index (χ2n) is 4.07. The van der Waals surface area contributed by atoms with Gasteiger partial charge in [-0.25, -0.2) is 8.42 Å². The maximum absolute atomic E-state index is 12.0. The van der Waals surface area contributed by atoms with E-state index in [9.17, 15) is 8.42 Å². The van der Waals surface area contributed by atoms with Gasteiger partial charge in [-0.1, -0.05) is 18.2 Å². The van der Waals surface area contributed by atoms with Crippen molar-refractivity contribution in [3.8, 4) is 6.07 Å². The van der Waals surface area contributed by atoms with Crippen LogP contribution in [0.25, 0.3) is 0 Å². The number of aryl methyl sites for hydroxylation is 1. The Morgan fingerprint density at radius 3 is 2.79 bits per heavy atom. The molecule has 6 nitrogen and oxygen atoms in total. The highest BCUT2D eigenvalue weighted by Crippen LogP contribution is 2.14. The summed E-state index contributed by atoms with van der Waals surface area (Å²) in [5.74, 6) is -0.0187. The molecule has 0 atom stereocenters. The first-order valence-electron chi connectivity index (χ1n) is 5.51. The normalized spacial score (nSPS) is 10.9. The Kier molecular flexibility index (Phi) is 3.53. The number of nitrogens with zero attached hydrogens (tertiary/aromatic N) is 2. The average molecular weight is 276 g/mol. The molecule has 0 aliphatic heterocycles. The van der Waals surface area contributed by atoms with Gasteiger partial charge in [-0.15, -0.1) is 0 Å². The SMILES string of the molecule is Cc1cc(NS(=O)(=O)Cc2ccccc2C#N)n[nH]1. The zero-order chi connectivity index (χ0) is 13.9. The number of nitrogens with one attached hydrogen (secondary N) is 2. The summed E-state index contributed by atoms with van der Waals surface area (Å²) in [6, 6.07) is 10.2. The molecule has 1 aromatic carbocycles. The van der Waals surface area contributed by atoms with Gasteiger partial charge in [-0.05, 0) is 18.6 Å². The van der Waals surface area contributed by atoms with E-state index in [0.717, 1.165) is 5.69 Å². The van der Waals surface area contributed by atoms with Gasteiger partial charge in [0.05, 0.1) is 17.4 Å². The van der Waals surface area contributed by atoms with Gasteiger partial charge < -0.3 is 0 Å². The summed E-state index contributed by atoms with van der Waals surface area (Å²) in [4.78, 5) is 0. The molecule has 0 aliphatic carbocycles. The molecule has 2 N–H and O–H groups in total. The molecule has 19 heavy (non-hydrogen) atoms. The van der Waals surface area contributed by atoms with Crippen LogP contribution in [0.1, 0.15) is 16.8 Å². The number of rotatable bonds is 4. The lowest BCUT2D eigenvalue weighted by Gasteiger charge is -2.06. The summed E-state index contributed by atoms with van der Waals surface area (Å²) in [7, 11) is -3.59. The Morgan fingerprint density at radius 2 is 2.16 bits per heavy atom. The second-order valence-corrected chi connectivity index (χ2v) is 5.79. The Hall–Kier alpha value is -2.33. The van der Waals surface area contributed by atoms with E-state index in [1.54, 1.807) is 37.3 Å². The molecule has 0 bridgehead atoms. The molecule has 0 spiro atoms. The van der Waals surface area contributed by atoms with E-state index in [0.29, 0.717) is 11.1 Å². The van der Waals surface area contributed by atoms with Gasteiger partial charge in [-0.2, -0.15) is 10.4 Å². The van der Waals surface area contributed by atoms with Crippen LogP contribution in [0.15, 0.2) is 30.3 Å². The molecule has 0 amide bonds. The van der Waals surface area contributed by atoms with Crippen molar-refractivity contribution in [2.24, 2.45) is 0 Å². The minimum Gasteiger partial charge on any atom is -0.281 e. The van der Waals surface area contributed by atoms with E-state index < -0.39 is 10.0 Å². The van der Waals surface area contributed by atoms with Crippen molar-refractivity contribution in [3.05, 3.63) is 47.2 Å². The number of H-pyrrole nitrogens is 1. The van der Waals surface area contributed by atoms with E-state index in [1.165, 1.54) is 0 Å². The van der Waals surface area contributed by atoms with Gasteiger partial charge in [0.25, 0.3) is 0 Å². The summed E-state index contributed by atoms with van der Waals surface area (Å²) in [5, 5.41) is 15.4. The molecule has 0 radical (unpaired) electrons. The van der Waals surface area contributed by atoms with Crippen molar-refractivity contribution in [1.82, 2.24) is 10.2 Å². The maximum atomic E-state index is 12.0. The molecule has 0 aliphatic rings. The molecule has 0 saturated carbocycles. The predicted octanol–water partition coefficient (Wildman–Crippen LogP) is 1.53. The third-order valence-corrected chi connectivity index (χ3v) is 3.66. The minimum atomic E-state index is -3.59. The van der Waals surface area contributed by atoms with Crippen LogP contribution in [-0.4, -0.2) is 18.6 Å². The number of benzene rings is 1. The predicted molar refractivity (Wildman–Crippen MR) is 70.7 cm³/mol. The molecule has 0 fully saturated rings. The molecule has 7 heteroatoms. The molecule has 0 saturated heterocycles. The van der Waals surface area contributed by atoms with Crippen molar-refractivity contribution in [2.45, 2.75) is 12.7 Å². The fraction of sp³-hybridized carbons (Fsp3) is 0.167. The lowest BCUT2D eigenvalue weighted by atomic mass is 10.1. The lowest BCUT2D eigenvalue weighted by Crippen LogP contribution is -2.16. The Morgan fingerprint density at radius 1 is 1.42 bits per heavy atom. The highest BCUT2D eigenvalue weighted by molar-refractivity contribution is 7.91. The van der Waals surface area contributed by atoms with E-state index >= 15 is 0 Å². The van der Waals surface area contributed by atoms with Crippen LogP contribution in [-0.2, 0) is 15.8 Å². The number of aromatic amines is 1. The number of sulfonamides is 1. The van der Waals surface area contributed by atoms with Crippen molar-refractivity contribution in [1.29, 1.82) is 5.26 Å². The fourth-order valence-electron chi connectivity index (χ4n) is 1.63. The molecular formula is C12H12N4O2S. The van der Waals surface area contributed by atoms with E-state index in [4.69, 9.17) is 5.26 Å². The standard InChI is InChI=1S/C12H12N4O2S/c1-9-6-12(15-14-9)16-19(17,18)8-11-5-3-2-4-10(11)7-13/h2-6H,8H2,1H3,(H2,14,15,16). The maximum Gasteiger partial charge on any atom is 0.238 e. The number of hydrogen-bond acceptors (Lipinski definition) is 4. The minimum absolute atomic E-state index is 0.243. The van der Waals surface area contributed by atoms with Crippen LogP contribution in [0.5, 0.6) is 0 Å². The van der Waals surface area contributed by atoms with Crippen LogP contribution < -0.4 is 4.72 Å². The van der Waals surface area contributed by atoms with Crippen molar-refractivity contribution in [2.75, 3.05) is 4.72 Å². The first kappa shape index (κ1) is 13.1. The number of anilines is 1. The highest BCUT2D eigenvalue weighted by Gasteiger charge is 2.15. The van der Waals surface area contributed by atoms with Gasteiger partial charge in [-0.3, -0.25) is 9.82 Å². The molecular weight excluding hydrogens is 264 g/mol. The van der Waals surface area contributed by atoms with Crippen LogP contribution in [0, 0.1) is 18.3 Å². The Bertz CT molecular complexity index is 728. The molecule has 0 unspecified atom stereocenters. The van der Waals surface area contributed by atoms with Gasteiger partial charge in [0, 0.05) is 11.8 Å². The van der Waals surface area contributed by atoms with E-state index in [-0.39, 0.29) is 11.6 Å². The van der Waals surface area contributed by atoms with Gasteiger partial charge in [0.1, 0.15) is 0 Å². The van der Waals surface area contributed by atoms with Crippen molar-refractivity contribution >= 4 is 15.8 Å².